The van der Waals surface area contributed by atoms with Gasteiger partial charge in [0, 0.05) is 29.1 Å². The average molecular weight is 459 g/mol. The molecular weight excluding hydrogens is 428 g/mol. The van der Waals surface area contributed by atoms with Crippen LogP contribution in [0, 0.1) is 12.8 Å². The maximum atomic E-state index is 13.7. The van der Waals surface area contributed by atoms with Gasteiger partial charge < -0.3 is 15.4 Å². The number of fused-ring (bicyclic) bond motifs is 1. The van der Waals surface area contributed by atoms with Gasteiger partial charge >= 0.3 is 0 Å². The molecule has 3 aromatic rings. The summed E-state index contributed by atoms with van der Waals surface area (Å²) in [6, 6.07) is 15.7. The number of nitrogens with two attached hydrogens (primary N) is 1. The maximum absolute atomic E-state index is 13.7. The summed E-state index contributed by atoms with van der Waals surface area (Å²) in [6.07, 6.45) is 3.76. The minimum Gasteiger partial charge on any atom is -0.497 e. The summed E-state index contributed by atoms with van der Waals surface area (Å²) in [7, 11) is 1.63. The van der Waals surface area contributed by atoms with Gasteiger partial charge in [-0.15, -0.1) is 0 Å². The molecule has 1 atom stereocenters. The number of carbonyl (C=O) groups is 2. The number of rotatable bonds is 6. The van der Waals surface area contributed by atoms with Crippen molar-refractivity contribution in [3.63, 3.8) is 0 Å². The third-order valence-electron chi connectivity index (χ3n) is 7.79. The van der Waals surface area contributed by atoms with E-state index in [0.29, 0.717) is 12.2 Å². The molecule has 1 saturated carbocycles. The Kier molecular flexibility index (Phi) is 5.42. The lowest BCUT2D eigenvalue weighted by molar-refractivity contribution is -0.124. The normalized spacial score (nSPS) is 17.6. The van der Waals surface area contributed by atoms with Gasteiger partial charge in [0.15, 0.2) is 0 Å². The van der Waals surface area contributed by atoms with E-state index in [1.165, 1.54) is 0 Å². The Morgan fingerprint density at radius 3 is 2.29 bits per heavy atom. The number of aromatic nitrogens is 2. The SMILES string of the molecule is COc1ccc(-n2nc(C)c3c2C(=O)N(c2ccc(C4(C(C)C(N)=O)CCC4)cc2)CC3)cc1. The van der Waals surface area contributed by atoms with Gasteiger partial charge in [-0.3, -0.25) is 9.59 Å². The van der Waals surface area contributed by atoms with Crippen molar-refractivity contribution in [1.82, 2.24) is 9.78 Å². The van der Waals surface area contributed by atoms with Gasteiger partial charge in [-0.2, -0.15) is 5.10 Å². The largest absolute Gasteiger partial charge is 0.497 e. The van der Waals surface area contributed by atoms with E-state index in [9.17, 15) is 9.59 Å². The van der Waals surface area contributed by atoms with E-state index >= 15 is 0 Å². The maximum Gasteiger partial charge on any atom is 0.277 e. The summed E-state index contributed by atoms with van der Waals surface area (Å²) in [5.74, 6) is 0.219. The Morgan fingerprint density at radius 2 is 1.74 bits per heavy atom. The molecule has 34 heavy (non-hydrogen) atoms. The predicted molar refractivity (Wildman–Crippen MR) is 131 cm³/mol. The molecule has 1 aromatic heterocycles. The highest BCUT2D eigenvalue weighted by Crippen LogP contribution is 2.49. The highest BCUT2D eigenvalue weighted by molar-refractivity contribution is 6.07. The third kappa shape index (κ3) is 3.38. The second-order valence-corrected chi connectivity index (χ2v) is 9.41. The topological polar surface area (TPSA) is 90.5 Å². The van der Waals surface area contributed by atoms with Gasteiger partial charge in [0.2, 0.25) is 5.91 Å². The number of hydrogen-bond acceptors (Lipinski definition) is 4. The first-order valence-corrected chi connectivity index (χ1v) is 11.8. The molecule has 2 heterocycles. The number of nitrogens with zero attached hydrogens (tertiary/aromatic N) is 3. The van der Waals surface area contributed by atoms with Gasteiger partial charge in [-0.25, -0.2) is 4.68 Å². The number of carbonyl (C=O) groups excluding carboxylic acids is 2. The summed E-state index contributed by atoms with van der Waals surface area (Å²) in [5, 5.41) is 4.68. The highest BCUT2D eigenvalue weighted by atomic mass is 16.5. The van der Waals surface area contributed by atoms with Crippen LogP contribution in [-0.4, -0.2) is 35.2 Å². The van der Waals surface area contributed by atoms with E-state index in [2.05, 4.69) is 17.2 Å². The Labute approximate surface area is 199 Å². The van der Waals surface area contributed by atoms with Crippen LogP contribution in [0.4, 0.5) is 5.69 Å². The molecule has 1 aliphatic carbocycles. The number of anilines is 1. The number of amides is 2. The Bertz CT molecular complexity index is 1240. The highest BCUT2D eigenvalue weighted by Gasteiger charge is 2.45. The molecule has 7 heteroatoms. The molecule has 0 bridgehead atoms. The molecule has 1 fully saturated rings. The van der Waals surface area contributed by atoms with E-state index < -0.39 is 0 Å². The fraction of sp³-hybridized carbons (Fsp3) is 0.370. The van der Waals surface area contributed by atoms with Crippen LogP contribution in [0.1, 0.15) is 53.5 Å². The summed E-state index contributed by atoms with van der Waals surface area (Å²) in [4.78, 5) is 27.4. The first kappa shape index (κ1) is 22.2. The van der Waals surface area contributed by atoms with Gasteiger partial charge in [0.1, 0.15) is 11.4 Å². The number of ether oxygens (including phenoxy) is 1. The third-order valence-corrected chi connectivity index (χ3v) is 7.79. The molecule has 0 saturated heterocycles. The smallest absolute Gasteiger partial charge is 0.277 e. The summed E-state index contributed by atoms with van der Waals surface area (Å²) in [5.41, 5.74) is 10.7. The Morgan fingerprint density at radius 1 is 1.09 bits per heavy atom. The van der Waals surface area contributed by atoms with Gasteiger partial charge in [0.05, 0.1) is 18.5 Å². The first-order valence-electron chi connectivity index (χ1n) is 11.8. The number of aryl methyl sites for hydroxylation is 1. The van der Waals surface area contributed by atoms with Crippen molar-refractivity contribution >= 4 is 17.5 Å². The average Bonchev–Trinajstić information content (AvgIpc) is 3.16. The van der Waals surface area contributed by atoms with E-state index in [1.807, 2.05) is 55.1 Å². The molecule has 176 valence electrons. The predicted octanol–water partition coefficient (Wildman–Crippen LogP) is 3.94. The van der Waals surface area contributed by atoms with Crippen LogP contribution in [0.3, 0.4) is 0 Å². The molecule has 1 unspecified atom stereocenters. The number of methoxy groups -OCH3 is 1. The quantitative estimate of drug-likeness (QED) is 0.606. The van der Waals surface area contributed by atoms with Crippen LogP contribution in [0.2, 0.25) is 0 Å². The van der Waals surface area contributed by atoms with Crippen molar-refractivity contribution in [1.29, 1.82) is 0 Å². The van der Waals surface area contributed by atoms with Crippen LogP contribution in [0.5, 0.6) is 5.75 Å². The molecular formula is C27H30N4O3. The van der Waals surface area contributed by atoms with Gasteiger partial charge in [-0.05, 0) is 68.1 Å². The minimum absolute atomic E-state index is 0.0609. The second-order valence-electron chi connectivity index (χ2n) is 9.41. The second kappa shape index (κ2) is 8.31. The standard InChI is InChI=1S/C27H30N4O3/c1-17(25(28)32)27(14-4-15-27)19-5-7-20(8-6-19)30-16-13-23-18(2)29-31(24(23)26(30)33)21-9-11-22(34-3)12-10-21/h5-12,17H,4,13-16H2,1-3H3,(H2,28,32). The number of benzene rings is 2. The fourth-order valence-electron chi connectivity index (χ4n) is 5.46. The minimum atomic E-state index is -0.260. The Balaban J connectivity index is 1.46. The zero-order valence-corrected chi connectivity index (χ0v) is 19.9. The van der Waals surface area contributed by atoms with Crippen LogP contribution >= 0.6 is 0 Å². The van der Waals surface area contributed by atoms with Crippen molar-refractivity contribution in [3.8, 4) is 11.4 Å². The van der Waals surface area contributed by atoms with Crippen LogP contribution in [0.15, 0.2) is 48.5 Å². The van der Waals surface area contributed by atoms with Crippen molar-refractivity contribution in [3.05, 3.63) is 71.0 Å². The summed E-state index contributed by atoms with van der Waals surface area (Å²) >= 11 is 0. The molecule has 2 aromatic carbocycles. The number of hydrogen-bond donors (Lipinski definition) is 1. The van der Waals surface area contributed by atoms with E-state index in [0.717, 1.165) is 59.6 Å². The lowest BCUT2D eigenvalue weighted by atomic mass is 9.58. The fourth-order valence-corrected chi connectivity index (χ4v) is 5.46. The lowest BCUT2D eigenvalue weighted by Gasteiger charge is -2.46. The van der Waals surface area contributed by atoms with Crippen molar-refractivity contribution < 1.29 is 14.3 Å². The molecule has 0 radical (unpaired) electrons. The van der Waals surface area contributed by atoms with Gasteiger partial charge in [-0.1, -0.05) is 25.5 Å². The molecule has 0 spiro atoms. The van der Waals surface area contributed by atoms with Crippen LogP contribution in [-0.2, 0) is 16.6 Å². The van der Waals surface area contributed by atoms with Crippen LogP contribution in [0.25, 0.3) is 5.69 Å². The van der Waals surface area contributed by atoms with Crippen molar-refractivity contribution in [2.75, 3.05) is 18.6 Å². The van der Waals surface area contributed by atoms with E-state index in [-0.39, 0.29) is 23.1 Å². The number of primary amides is 1. The van der Waals surface area contributed by atoms with E-state index in [4.69, 9.17) is 10.5 Å². The Hall–Kier alpha value is -3.61. The summed E-state index contributed by atoms with van der Waals surface area (Å²) < 4.78 is 7.00. The molecule has 1 aliphatic heterocycles. The molecule has 7 nitrogen and oxygen atoms in total. The van der Waals surface area contributed by atoms with Crippen molar-refractivity contribution in [2.24, 2.45) is 11.7 Å². The first-order chi connectivity index (χ1) is 16.4. The molecule has 2 aliphatic rings. The monoisotopic (exact) mass is 458 g/mol. The van der Waals surface area contributed by atoms with Crippen LogP contribution < -0.4 is 15.4 Å². The van der Waals surface area contributed by atoms with Crippen molar-refractivity contribution in [2.45, 2.75) is 44.9 Å². The molecule has 2 amide bonds. The summed E-state index contributed by atoms with van der Waals surface area (Å²) in [6.45, 7) is 4.48. The van der Waals surface area contributed by atoms with Gasteiger partial charge in [0.25, 0.3) is 5.91 Å². The molecule has 2 N–H and O–H groups in total. The zero-order chi connectivity index (χ0) is 24.0. The zero-order valence-electron chi connectivity index (χ0n) is 19.9. The molecule has 5 rings (SSSR count). The lowest BCUT2D eigenvalue weighted by Crippen LogP contribution is -2.46. The van der Waals surface area contributed by atoms with E-state index in [1.54, 1.807) is 11.8 Å².